The van der Waals surface area contributed by atoms with Crippen LogP contribution in [-0.4, -0.2) is 55.6 Å². The highest BCUT2D eigenvalue weighted by molar-refractivity contribution is 7.90. The fraction of sp³-hybridized carbons (Fsp3) is 0.278. The van der Waals surface area contributed by atoms with E-state index in [2.05, 4.69) is 5.32 Å². The Balaban J connectivity index is 2.02. The van der Waals surface area contributed by atoms with Crippen molar-refractivity contribution in [3.05, 3.63) is 59.7 Å². The standard InChI is InChI=1S/C18H21BFNO6S/c1-28(26,27)15-8-4-13(5-9-15)18(23)16(11-20)21-17(22)10-12-2-6-14(7-3-12)19(24)25/h2-9,16,18,23-25H,10-11H2,1H3,(H,21,22)/t16?,18-/m0/s1. The van der Waals surface area contributed by atoms with Crippen LogP contribution in [0.5, 0.6) is 0 Å². The molecule has 2 rings (SSSR count). The van der Waals surface area contributed by atoms with Crippen molar-refractivity contribution < 1.29 is 32.8 Å². The van der Waals surface area contributed by atoms with E-state index in [9.17, 15) is 22.7 Å². The average Bonchev–Trinajstić information content (AvgIpc) is 2.65. The number of amides is 1. The number of hydrogen-bond donors (Lipinski definition) is 4. The monoisotopic (exact) mass is 409 g/mol. The second-order valence-electron chi connectivity index (χ2n) is 6.41. The normalized spacial score (nSPS) is 13.6. The molecule has 150 valence electrons. The number of carbonyl (C=O) groups excluding carboxylic acids is 1. The van der Waals surface area contributed by atoms with Gasteiger partial charge in [-0.05, 0) is 28.7 Å². The number of aliphatic hydroxyl groups is 1. The number of carbonyl (C=O) groups is 1. The van der Waals surface area contributed by atoms with Gasteiger partial charge in [0.15, 0.2) is 9.84 Å². The number of alkyl halides is 1. The Morgan fingerprint density at radius 1 is 1.11 bits per heavy atom. The molecule has 7 nitrogen and oxygen atoms in total. The smallest absolute Gasteiger partial charge is 0.423 e. The molecule has 1 unspecified atom stereocenters. The molecule has 0 fully saturated rings. The van der Waals surface area contributed by atoms with E-state index in [1.807, 2.05) is 0 Å². The van der Waals surface area contributed by atoms with Crippen LogP contribution < -0.4 is 10.8 Å². The quantitative estimate of drug-likeness (QED) is 0.436. The Bertz CT molecular complexity index is 903. The number of rotatable bonds is 8. The minimum Gasteiger partial charge on any atom is -0.423 e. The molecule has 0 heterocycles. The summed E-state index contributed by atoms with van der Waals surface area (Å²) in [5, 5.41) is 30.8. The molecule has 1 amide bonds. The highest BCUT2D eigenvalue weighted by Gasteiger charge is 2.23. The van der Waals surface area contributed by atoms with E-state index in [0.29, 0.717) is 5.56 Å². The van der Waals surface area contributed by atoms with Gasteiger partial charge < -0.3 is 20.5 Å². The van der Waals surface area contributed by atoms with Gasteiger partial charge >= 0.3 is 7.12 Å². The Labute approximate surface area is 162 Å². The molecule has 2 aromatic carbocycles. The second kappa shape index (κ2) is 9.29. The lowest BCUT2D eigenvalue weighted by Gasteiger charge is -2.22. The maximum atomic E-state index is 13.4. The Kier molecular flexibility index (Phi) is 7.31. The molecule has 2 atom stereocenters. The number of benzene rings is 2. The number of nitrogens with one attached hydrogen (secondary N) is 1. The summed E-state index contributed by atoms with van der Waals surface area (Å²) in [5.74, 6) is -0.522. The molecule has 4 N–H and O–H groups in total. The van der Waals surface area contributed by atoms with Crippen LogP contribution in [0, 0.1) is 0 Å². The summed E-state index contributed by atoms with van der Waals surface area (Å²) in [7, 11) is -5.00. The van der Waals surface area contributed by atoms with E-state index in [1.54, 1.807) is 12.1 Å². The molecule has 28 heavy (non-hydrogen) atoms. The third-order valence-electron chi connectivity index (χ3n) is 4.19. The predicted octanol–water partition coefficient (Wildman–Crippen LogP) is -0.500. The number of sulfone groups is 1. The van der Waals surface area contributed by atoms with Crippen molar-refractivity contribution in [2.24, 2.45) is 0 Å². The fourth-order valence-corrected chi connectivity index (χ4v) is 3.23. The van der Waals surface area contributed by atoms with Crippen molar-refractivity contribution in [2.45, 2.75) is 23.5 Å². The van der Waals surface area contributed by atoms with Crippen molar-refractivity contribution >= 4 is 28.3 Å². The van der Waals surface area contributed by atoms with Crippen LogP contribution in [0.15, 0.2) is 53.4 Å². The molecule has 0 saturated carbocycles. The Morgan fingerprint density at radius 2 is 1.68 bits per heavy atom. The number of hydrogen-bond acceptors (Lipinski definition) is 6. The molecule has 0 aliphatic heterocycles. The van der Waals surface area contributed by atoms with E-state index in [0.717, 1.165) is 6.26 Å². The molecule has 0 aromatic heterocycles. The SMILES string of the molecule is CS(=O)(=O)c1ccc([C@H](O)C(CF)NC(=O)Cc2ccc(B(O)O)cc2)cc1. The second-order valence-corrected chi connectivity index (χ2v) is 8.42. The maximum Gasteiger partial charge on any atom is 0.488 e. The van der Waals surface area contributed by atoms with Crippen LogP contribution in [0.3, 0.4) is 0 Å². The van der Waals surface area contributed by atoms with E-state index < -0.39 is 41.7 Å². The molecule has 0 aliphatic carbocycles. The molecule has 0 saturated heterocycles. The van der Waals surface area contributed by atoms with Gasteiger partial charge in [0.2, 0.25) is 5.91 Å². The first-order valence-electron chi connectivity index (χ1n) is 8.40. The van der Waals surface area contributed by atoms with E-state index in [4.69, 9.17) is 10.0 Å². The van der Waals surface area contributed by atoms with Gasteiger partial charge in [-0.3, -0.25) is 4.79 Å². The van der Waals surface area contributed by atoms with Crippen molar-refractivity contribution in [2.75, 3.05) is 12.9 Å². The van der Waals surface area contributed by atoms with Crippen LogP contribution >= 0.6 is 0 Å². The minimum atomic E-state index is -3.39. The lowest BCUT2D eigenvalue weighted by Crippen LogP contribution is -2.41. The van der Waals surface area contributed by atoms with E-state index >= 15 is 0 Å². The number of aliphatic hydroxyl groups excluding tert-OH is 1. The molecule has 0 bridgehead atoms. The fourth-order valence-electron chi connectivity index (χ4n) is 2.60. The van der Waals surface area contributed by atoms with Crippen LogP contribution in [0.1, 0.15) is 17.2 Å². The van der Waals surface area contributed by atoms with Gasteiger partial charge in [-0.15, -0.1) is 0 Å². The summed E-state index contributed by atoms with van der Waals surface area (Å²) in [6.45, 7) is -1.02. The predicted molar refractivity (Wildman–Crippen MR) is 102 cm³/mol. The molecule has 2 aromatic rings. The molecule has 0 aliphatic rings. The summed E-state index contributed by atoms with van der Waals surface area (Å²) in [6, 6.07) is 10.2. The van der Waals surface area contributed by atoms with Gasteiger partial charge in [0.05, 0.1) is 17.4 Å². The summed E-state index contributed by atoms with van der Waals surface area (Å²) >= 11 is 0. The van der Waals surface area contributed by atoms with Crippen molar-refractivity contribution in [1.82, 2.24) is 5.32 Å². The zero-order chi connectivity index (χ0) is 20.9. The van der Waals surface area contributed by atoms with Crippen molar-refractivity contribution in [1.29, 1.82) is 0 Å². The summed E-state index contributed by atoms with van der Waals surface area (Å²) in [5.41, 5.74) is 1.13. The van der Waals surface area contributed by atoms with Gasteiger partial charge in [-0.1, -0.05) is 36.4 Å². The lowest BCUT2D eigenvalue weighted by molar-refractivity contribution is -0.122. The third kappa shape index (κ3) is 5.87. The molecule has 0 spiro atoms. The topological polar surface area (TPSA) is 124 Å². The third-order valence-corrected chi connectivity index (χ3v) is 5.31. The first-order chi connectivity index (χ1) is 13.1. The van der Waals surface area contributed by atoms with E-state index in [-0.39, 0.29) is 22.3 Å². The van der Waals surface area contributed by atoms with Gasteiger partial charge in [0.25, 0.3) is 0 Å². The molecular weight excluding hydrogens is 388 g/mol. The zero-order valence-electron chi connectivity index (χ0n) is 15.1. The van der Waals surface area contributed by atoms with Crippen LogP contribution in [-0.2, 0) is 21.1 Å². The van der Waals surface area contributed by atoms with Crippen LogP contribution in [0.4, 0.5) is 4.39 Å². The van der Waals surface area contributed by atoms with Crippen molar-refractivity contribution in [3.63, 3.8) is 0 Å². The largest absolute Gasteiger partial charge is 0.488 e. The van der Waals surface area contributed by atoms with Crippen LogP contribution in [0.2, 0.25) is 0 Å². The van der Waals surface area contributed by atoms with Gasteiger partial charge in [0.1, 0.15) is 12.8 Å². The lowest BCUT2D eigenvalue weighted by atomic mass is 9.80. The highest BCUT2D eigenvalue weighted by Crippen LogP contribution is 2.20. The Hall–Kier alpha value is -2.27. The molecule has 10 heteroatoms. The minimum absolute atomic E-state index is 0.0701. The van der Waals surface area contributed by atoms with Gasteiger partial charge in [0, 0.05) is 6.26 Å². The average molecular weight is 409 g/mol. The number of halogens is 1. The van der Waals surface area contributed by atoms with Crippen molar-refractivity contribution in [3.8, 4) is 0 Å². The van der Waals surface area contributed by atoms with Gasteiger partial charge in [-0.2, -0.15) is 0 Å². The highest BCUT2D eigenvalue weighted by atomic mass is 32.2. The van der Waals surface area contributed by atoms with Crippen LogP contribution in [0.25, 0.3) is 0 Å². The first-order valence-corrected chi connectivity index (χ1v) is 10.3. The van der Waals surface area contributed by atoms with Gasteiger partial charge in [-0.25, -0.2) is 12.8 Å². The summed E-state index contributed by atoms with van der Waals surface area (Å²) in [6.07, 6.45) is -0.385. The zero-order valence-corrected chi connectivity index (χ0v) is 15.9. The Morgan fingerprint density at radius 3 is 2.14 bits per heavy atom. The van der Waals surface area contributed by atoms with E-state index in [1.165, 1.54) is 36.4 Å². The molecule has 0 radical (unpaired) electrons. The maximum absolute atomic E-state index is 13.4. The summed E-state index contributed by atoms with van der Waals surface area (Å²) < 4.78 is 36.3. The first kappa shape index (κ1) is 22.0. The molecular formula is C18H21BFNO6S. The summed E-state index contributed by atoms with van der Waals surface area (Å²) in [4.78, 5) is 12.2.